The van der Waals surface area contributed by atoms with Gasteiger partial charge in [0.25, 0.3) is 12.3 Å². The number of hydrogen-bond donors (Lipinski definition) is 1. The molecule has 6 rings (SSSR count). The number of aryl methyl sites for hydroxylation is 1. The maximum Gasteiger partial charge on any atom is 0.292 e. The van der Waals surface area contributed by atoms with Crippen molar-refractivity contribution in [3.05, 3.63) is 77.3 Å². The Morgan fingerprint density at radius 3 is 2.80 bits per heavy atom. The van der Waals surface area contributed by atoms with Crippen molar-refractivity contribution in [2.45, 2.75) is 18.9 Å². The van der Waals surface area contributed by atoms with Gasteiger partial charge in [-0.2, -0.15) is 5.10 Å². The summed E-state index contributed by atoms with van der Waals surface area (Å²) in [5.41, 5.74) is 0.736. The second-order valence-electron chi connectivity index (χ2n) is 8.10. The summed E-state index contributed by atoms with van der Waals surface area (Å²) in [7, 11) is 1.65. The van der Waals surface area contributed by atoms with E-state index < -0.39 is 35.6 Å². The van der Waals surface area contributed by atoms with Crippen LogP contribution in [0.2, 0.25) is 0 Å². The average molecular weight is 482 g/mol. The van der Waals surface area contributed by atoms with Crippen LogP contribution in [0, 0.1) is 5.82 Å². The Morgan fingerprint density at radius 2 is 2.06 bits per heavy atom. The lowest BCUT2D eigenvalue weighted by Crippen LogP contribution is -2.41. The molecule has 0 saturated carbocycles. The molecule has 0 aliphatic carbocycles. The summed E-state index contributed by atoms with van der Waals surface area (Å²) in [5.74, 6) is -2.53. The minimum atomic E-state index is -3.08. The third-order valence-electron chi connectivity index (χ3n) is 5.98. The topological polar surface area (TPSA) is 106 Å². The Morgan fingerprint density at radius 1 is 1.23 bits per heavy atom. The monoisotopic (exact) mass is 482 g/mol. The molecule has 1 aromatic carbocycles. The Kier molecular flexibility index (Phi) is 4.76. The maximum atomic E-state index is 15.5. The van der Waals surface area contributed by atoms with E-state index in [-0.39, 0.29) is 29.3 Å². The van der Waals surface area contributed by atoms with E-state index in [0.29, 0.717) is 23.4 Å². The van der Waals surface area contributed by atoms with Crippen molar-refractivity contribution >= 4 is 16.9 Å². The van der Waals surface area contributed by atoms with Gasteiger partial charge < -0.3 is 18.7 Å². The van der Waals surface area contributed by atoms with Crippen molar-refractivity contribution in [3.8, 4) is 11.6 Å². The zero-order chi connectivity index (χ0) is 24.3. The van der Waals surface area contributed by atoms with Crippen LogP contribution in [0.5, 0.6) is 0 Å². The first-order valence-electron chi connectivity index (χ1n) is 10.7. The van der Waals surface area contributed by atoms with Gasteiger partial charge in [-0.25, -0.2) is 23.1 Å². The number of carbonyl (C=O) groups is 1. The van der Waals surface area contributed by atoms with Gasteiger partial charge in [0.1, 0.15) is 17.3 Å². The molecule has 12 heteroatoms. The molecule has 1 N–H and O–H groups in total. The minimum Gasteiger partial charge on any atom is -0.455 e. The molecule has 1 aliphatic heterocycles. The SMILES string of the molecule is Cn1ccc(-c2nc(C(F)F)c(C(=O)N3CCc4[nH]cnc4[C@@H]3c3oc4ccccc4c3F)o2)n1. The van der Waals surface area contributed by atoms with Gasteiger partial charge >= 0.3 is 0 Å². The van der Waals surface area contributed by atoms with Crippen LogP contribution in [0.25, 0.3) is 22.6 Å². The molecule has 5 heterocycles. The normalized spacial score (nSPS) is 15.8. The lowest BCUT2D eigenvalue weighted by atomic mass is 9.99. The highest BCUT2D eigenvalue weighted by Crippen LogP contribution is 2.40. The van der Waals surface area contributed by atoms with Crippen LogP contribution in [-0.2, 0) is 13.5 Å². The summed E-state index contributed by atoms with van der Waals surface area (Å²) in [6, 6.07) is 6.95. The number of carbonyl (C=O) groups excluding carboxylic acids is 1. The molecule has 1 amide bonds. The van der Waals surface area contributed by atoms with Crippen LogP contribution in [0.15, 0.2) is 51.7 Å². The Bertz CT molecular complexity index is 1570. The number of alkyl halides is 2. The van der Waals surface area contributed by atoms with Crippen molar-refractivity contribution < 1.29 is 26.8 Å². The molecule has 0 saturated heterocycles. The number of para-hydroxylation sites is 1. The molecule has 1 aliphatic rings. The molecule has 0 fully saturated rings. The van der Waals surface area contributed by atoms with Crippen LogP contribution in [0.3, 0.4) is 0 Å². The fourth-order valence-corrected chi connectivity index (χ4v) is 4.37. The summed E-state index contributed by atoms with van der Waals surface area (Å²) in [4.78, 5) is 26.0. The molecule has 5 aromatic rings. The molecule has 9 nitrogen and oxygen atoms in total. The zero-order valence-corrected chi connectivity index (χ0v) is 18.2. The second kappa shape index (κ2) is 7.86. The molecule has 35 heavy (non-hydrogen) atoms. The van der Waals surface area contributed by atoms with Gasteiger partial charge in [0.15, 0.2) is 17.3 Å². The van der Waals surface area contributed by atoms with Gasteiger partial charge in [-0.15, -0.1) is 0 Å². The Labute approximate surface area is 195 Å². The standard InChI is InChI=1S/C23H17F3N6O3/c1-31-8-6-13(30-31)22-29-17(21(25)26)20(35-22)23(33)32-9-7-12-16(28-10-27-12)18(32)19-15(24)11-4-2-3-5-14(11)34-19/h2-6,8,10,18,21H,7,9H2,1H3,(H,27,28)/t18-/m1/s1. The van der Waals surface area contributed by atoms with Crippen molar-refractivity contribution in [1.29, 1.82) is 0 Å². The van der Waals surface area contributed by atoms with Crippen LogP contribution < -0.4 is 0 Å². The van der Waals surface area contributed by atoms with Crippen molar-refractivity contribution in [1.82, 2.24) is 29.6 Å². The van der Waals surface area contributed by atoms with Crippen LogP contribution in [0.4, 0.5) is 13.2 Å². The molecular weight excluding hydrogens is 465 g/mol. The van der Waals surface area contributed by atoms with Crippen LogP contribution in [0.1, 0.15) is 45.9 Å². The average Bonchev–Trinajstić information content (AvgIpc) is 3.64. The number of fused-ring (bicyclic) bond motifs is 2. The number of oxazole rings is 1. The second-order valence-corrected chi connectivity index (χ2v) is 8.10. The van der Waals surface area contributed by atoms with Gasteiger partial charge in [-0.05, 0) is 18.2 Å². The summed E-state index contributed by atoms with van der Waals surface area (Å²) in [6.07, 6.45) is 0.296. The highest BCUT2D eigenvalue weighted by molar-refractivity contribution is 5.94. The number of H-pyrrole nitrogens is 1. The highest BCUT2D eigenvalue weighted by Gasteiger charge is 2.42. The fraction of sp³-hybridized carbons (Fsp3) is 0.217. The van der Waals surface area contributed by atoms with Crippen molar-refractivity contribution in [2.24, 2.45) is 7.05 Å². The number of amides is 1. The molecule has 0 spiro atoms. The van der Waals surface area contributed by atoms with Crippen LogP contribution >= 0.6 is 0 Å². The summed E-state index contributed by atoms with van der Waals surface area (Å²) < 4.78 is 56.0. The number of aromatic amines is 1. The first-order valence-corrected chi connectivity index (χ1v) is 10.7. The number of halogens is 3. The first-order chi connectivity index (χ1) is 16.9. The zero-order valence-electron chi connectivity index (χ0n) is 18.2. The maximum absolute atomic E-state index is 15.5. The number of furan rings is 1. The molecule has 4 aromatic heterocycles. The van der Waals surface area contributed by atoms with E-state index in [1.165, 1.54) is 22.0 Å². The molecule has 0 unspecified atom stereocenters. The number of benzene rings is 1. The summed E-state index contributed by atoms with van der Waals surface area (Å²) in [6.45, 7) is 0.0808. The van der Waals surface area contributed by atoms with E-state index >= 15 is 4.39 Å². The van der Waals surface area contributed by atoms with E-state index in [9.17, 15) is 13.6 Å². The number of imidazole rings is 1. The van der Waals surface area contributed by atoms with Gasteiger partial charge in [0.05, 0.1) is 17.4 Å². The third-order valence-corrected chi connectivity index (χ3v) is 5.98. The Hall–Kier alpha value is -4.35. The number of nitrogens with zero attached hydrogens (tertiary/aromatic N) is 5. The number of aromatic nitrogens is 5. The lowest BCUT2D eigenvalue weighted by Gasteiger charge is -2.33. The molecule has 178 valence electrons. The number of hydrogen-bond acceptors (Lipinski definition) is 6. The first kappa shape index (κ1) is 21.2. The number of rotatable bonds is 4. The van der Waals surface area contributed by atoms with Gasteiger partial charge in [-0.1, -0.05) is 12.1 Å². The van der Waals surface area contributed by atoms with Gasteiger partial charge in [0.2, 0.25) is 11.7 Å². The quantitative estimate of drug-likeness (QED) is 0.407. The van der Waals surface area contributed by atoms with E-state index in [4.69, 9.17) is 8.83 Å². The minimum absolute atomic E-state index is 0.0808. The predicted octanol–water partition coefficient (Wildman–Crippen LogP) is 4.41. The van der Waals surface area contributed by atoms with E-state index in [1.807, 2.05) is 0 Å². The van der Waals surface area contributed by atoms with E-state index in [1.54, 1.807) is 37.5 Å². The Balaban J connectivity index is 1.48. The lowest BCUT2D eigenvalue weighted by molar-refractivity contribution is 0.0622. The number of nitrogens with one attached hydrogen (secondary N) is 1. The predicted molar refractivity (Wildman–Crippen MR) is 115 cm³/mol. The highest BCUT2D eigenvalue weighted by atomic mass is 19.3. The van der Waals surface area contributed by atoms with E-state index in [0.717, 1.165) is 0 Å². The van der Waals surface area contributed by atoms with Gasteiger partial charge in [-0.3, -0.25) is 9.48 Å². The summed E-state index contributed by atoms with van der Waals surface area (Å²) >= 11 is 0. The van der Waals surface area contributed by atoms with E-state index in [2.05, 4.69) is 20.1 Å². The molecule has 1 atom stereocenters. The van der Waals surface area contributed by atoms with Crippen molar-refractivity contribution in [3.63, 3.8) is 0 Å². The van der Waals surface area contributed by atoms with Crippen molar-refractivity contribution in [2.75, 3.05) is 6.54 Å². The molecule has 0 bridgehead atoms. The summed E-state index contributed by atoms with van der Waals surface area (Å²) in [5, 5.41) is 4.34. The smallest absolute Gasteiger partial charge is 0.292 e. The molecule has 0 radical (unpaired) electrons. The largest absolute Gasteiger partial charge is 0.455 e. The molecular formula is C23H17F3N6O3. The fourth-order valence-electron chi connectivity index (χ4n) is 4.37. The van der Waals surface area contributed by atoms with Gasteiger partial charge in [0, 0.05) is 31.9 Å². The third kappa shape index (κ3) is 3.32. The van der Waals surface area contributed by atoms with Crippen LogP contribution in [-0.4, -0.2) is 42.1 Å².